The van der Waals surface area contributed by atoms with Gasteiger partial charge >= 0.3 is 6.18 Å². The van der Waals surface area contributed by atoms with Crippen LogP contribution in [0.2, 0.25) is 20.1 Å². The van der Waals surface area contributed by atoms with Gasteiger partial charge in [0, 0.05) is 27.6 Å². The Morgan fingerprint density at radius 3 is 0.986 bits per heavy atom. The van der Waals surface area contributed by atoms with Gasteiger partial charge in [-0.3, -0.25) is 5.10 Å². The third-order valence-electron chi connectivity index (χ3n) is 22.0. The number of rotatable bonds is 13. The Kier molecular flexibility index (Phi) is 57.0. The molecule has 138 heavy (non-hydrogen) atoms. The second-order valence-corrected chi connectivity index (χ2v) is 40.3. The average Bonchev–Trinajstić information content (AvgIpc) is 1.55. The number of aromatic nitrogens is 4. The average molecular weight is 1970 g/mol. The first-order valence-corrected chi connectivity index (χ1v) is 49.6. The van der Waals surface area contributed by atoms with Crippen molar-refractivity contribution in [3.63, 3.8) is 0 Å². The fourth-order valence-electron chi connectivity index (χ4n) is 12.6. The Bertz CT molecular complexity index is 5450. The van der Waals surface area contributed by atoms with Gasteiger partial charge in [0.2, 0.25) is 0 Å². The molecule has 0 atom stereocenters. The quantitative estimate of drug-likeness (QED) is 0.112. The molecule has 14 aromatic rings. The van der Waals surface area contributed by atoms with E-state index in [1.807, 2.05) is 128 Å². The van der Waals surface area contributed by atoms with E-state index >= 15 is 0 Å². The Labute approximate surface area is 846 Å². The Morgan fingerprint density at radius 2 is 0.645 bits per heavy atom. The molecule has 0 saturated heterocycles. The minimum Gasteiger partial charge on any atom is -0.508 e. The molecule has 3 heterocycles. The molecule has 0 aliphatic heterocycles. The Morgan fingerprint density at radius 1 is 0.290 bits per heavy atom. The Balaban J connectivity index is 0.000000506. The molecule has 0 aliphatic rings. The van der Waals surface area contributed by atoms with Crippen molar-refractivity contribution >= 4 is 57.3 Å². The van der Waals surface area contributed by atoms with Gasteiger partial charge in [0.05, 0.1) is 38.7 Å². The molecule has 0 bridgehead atoms. The van der Waals surface area contributed by atoms with E-state index < -0.39 is 11.7 Å². The maximum atomic E-state index is 12.9. The zero-order valence-electron chi connectivity index (χ0n) is 88.6. The summed E-state index contributed by atoms with van der Waals surface area (Å²) in [5.74, 6) is 7.82. The number of nitrogens with one attached hydrogen (secondary N) is 1. The summed E-state index contributed by atoms with van der Waals surface area (Å²) in [6, 6.07) is 76.8. The molecule has 2 N–H and O–H groups in total. The second-order valence-electron chi connectivity index (χ2n) is 38.7. The molecule has 7 nitrogen and oxygen atoms in total. The van der Waals surface area contributed by atoms with Crippen molar-refractivity contribution in [1.82, 2.24) is 20.5 Å². The summed E-state index contributed by atoms with van der Waals surface area (Å²) in [6.07, 6.45) is -2.39. The molecule has 3 aromatic heterocycles. The fourth-order valence-corrected chi connectivity index (χ4v) is 13.1. The highest BCUT2D eigenvalue weighted by Gasteiger charge is 2.32. The number of phenolic OH excluding ortho intramolecular Hbond substituents is 1. The van der Waals surface area contributed by atoms with Gasteiger partial charge in [0.1, 0.15) is 34.7 Å². The van der Waals surface area contributed by atoms with E-state index in [-0.39, 0.29) is 35.0 Å². The number of phenols is 1. The van der Waals surface area contributed by atoms with Crippen LogP contribution in [0.1, 0.15) is 380 Å². The fraction of sp³-hybridized carbons (Fsp3) is 0.397. The van der Waals surface area contributed by atoms with Crippen molar-refractivity contribution in [3.8, 4) is 5.75 Å². The molecule has 0 amide bonds. The van der Waals surface area contributed by atoms with Crippen LogP contribution in [0.15, 0.2) is 258 Å². The van der Waals surface area contributed by atoms with Crippen molar-refractivity contribution in [2.75, 3.05) is 0 Å². The number of nitrogens with zero attached hydrogens (tertiary/aromatic N) is 3. The predicted molar refractivity (Wildman–Crippen MR) is 581 cm³/mol. The molecular formula is C121H158Cl4F6N4O3. The lowest BCUT2D eigenvalue weighted by Crippen LogP contribution is -2.07. The number of aromatic hydroxyl groups is 1. The third-order valence-corrected chi connectivity index (χ3v) is 23.6. The van der Waals surface area contributed by atoms with Gasteiger partial charge in [-0.05, 0) is 289 Å². The highest BCUT2D eigenvalue weighted by Crippen LogP contribution is 2.35. The molecule has 17 heteroatoms. The van der Waals surface area contributed by atoms with Crippen LogP contribution >= 0.6 is 46.4 Å². The van der Waals surface area contributed by atoms with Crippen LogP contribution in [-0.2, 0) is 6.18 Å². The van der Waals surface area contributed by atoms with Crippen LogP contribution in [0, 0.1) is 72.8 Å². The summed E-state index contributed by atoms with van der Waals surface area (Å²) < 4.78 is 85.1. The normalized spacial score (nSPS) is 10.8. The van der Waals surface area contributed by atoms with Gasteiger partial charge in [-0.1, -0.05) is 406 Å². The smallest absolute Gasteiger partial charge is 0.416 e. The van der Waals surface area contributed by atoms with Crippen LogP contribution in [0.5, 0.6) is 5.75 Å². The zero-order chi connectivity index (χ0) is 105. The number of hydrogen-bond acceptors (Lipinski definition) is 6. The minimum absolute atomic E-state index is 0.113. The number of aryl methyl sites for hydroxylation is 8. The highest BCUT2D eigenvalue weighted by atomic mass is 35.5. The molecule has 0 saturated carbocycles. The molecular weight excluding hydrogens is 1810 g/mol. The lowest BCUT2D eigenvalue weighted by molar-refractivity contribution is -0.138. The highest BCUT2D eigenvalue weighted by molar-refractivity contribution is 6.42. The van der Waals surface area contributed by atoms with Gasteiger partial charge in [-0.25, -0.2) is 13.2 Å². The number of hydrogen-bond donors (Lipinski definition) is 2. The third kappa shape index (κ3) is 48.6. The van der Waals surface area contributed by atoms with Crippen molar-refractivity contribution in [2.24, 2.45) is 0 Å². The number of fused-ring (bicyclic) bond motifs is 1. The van der Waals surface area contributed by atoms with Crippen molar-refractivity contribution in [2.45, 2.75) is 319 Å². The summed E-state index contributed by atoms with van der Waals surface area (Å²) in [5.41, 5.74) is 22.0. The second kappa shape index (κ2) is 63.5. The molecule has 0 fully saturated rings. The summed E-state index contributed by atoms with van der Waals surface area (Å²) in [7, 11) is 0. The topological polar surface area (TPSA) is 101 Å². The van der Waals surface area contributed by atoms with Crippen LogP contribution < -0.4 is 0 Å². The number of alkyl halides is 3. The van der Waals surface area contributed by atoms with E-state index in [1.165, 1.54) is 98.3 Å². The SMILES string of the molecule is CC(C)c1cc(O)ccc1F.CC(C)c1ccc(Cl)c(Cl)c1.CC(C)c1ccc2cn[nH]c2c1.CC(C)c1cccc(F)c1.CC(C)c1ccccc1.Cc1cc(C(C)C)ccc1C(F)(F)F.Cc1cc(C(C)C)ccc1Cl.Cc1cc(C(C)C)ccc1Cl.Cc1cc(C(C)C)ccc1F.Cc1cc(C(C)C)no1.Cc1cc(C(C)C)no1.Cc1ccc(C(C)C)cc1.Cc1cccc(C(C)C)c1. The van der Waals surface area contributed by atoms with Gasteiger partial charge < -0.3 is 14.2 Å². The zero-order valence-corrected chi connectivity index (χ0v) is 91.6. The molecule has 0 radical (unpaired) electrons. The van der Waals surface area contributed by atoms with Crippen molar-refractivity contribution < 1.29 is 40.5 Å². The molecule has 750 valence electrons. The van der Waals surface area contributed by atoms with E-state index in [1.54, 1.807) is 31.2 Å². The largest absolute Gasteiger partial charge is 0.508 e. The monoisotopic (exact) mass is 1970 g/mol. The summed E-state index contributed by atoms with van der Waals surface area (Å²) >= 11 is 23.4. The number of H-pyrrole nitrogens is 1. The van der Waals surface area contributed by atoms with Crippen LogP contribution in [0.25, 0.3) is 10.9 Å². The standard InChI is InChI=1S/C11H13F3.2C10H13Cl.C10H13F.C10H12N2.2C10H14.C9H10Cl2.C9H11FO.C9H11F.C9H12.2C7H11NO/c1-7(2)9-4-5-10(8(3)6-9)11(12,13)14;3*1-7(2)9-4-5-10(11)8(3)6-9;1-7(2)8-3-4-9-6-11-12-10(9)5-8;1-8(2)10-6-4-9(3)5-7-10;1-8(2)10-6-4-5-9(3)7-10;1-6(2)7-3-4-8(10)9(11)5-7;1-6(2)8-5-7(11)3-4-9(8)10;1-7(2)8-4-3-5-9(10)6-8;1-8(2)9-6-4-3-5-7-9;2*1-5(2)7-4-6(3)9-8-7/h4-7H,1-3H3;3*4-7H,1-3H3;3-7H,1-2H3,(H,11,12);2*4-8H,1-3H3;3-6H,1-2H3;3-6,11H,1-2H3;3-7H,1-2H3;3-8H,1-2H3;2*4-5H,1-3H3. The van der Waals surface area contributed by atoms with Crippen LogP contribution in [0.3, 0.4) is 0 Å². The minimum atomic E-state index is -4.24. The van der Waals surface area contributed by atoms with E-state index in [2.05, 4.69) is 302 Å². The molecule has 14 rings (SSSR count). The first-order chi connectivity index (χ1) is 64.4. The first-order valence-electron chi connectivity index (χ1n) is 48.1. The maximum Gasteiger partial charge on any atom is 0.416 e. The molecule has 0 aliphatic carbocycles. The van der Waals surface area contributed by atoms with E-state index in [4.69, 9.17) is 60.6 Å². The number of aromatic amines is 1. The van der Waals surface area contributed by atoms with Gasteiger partial charge in [-0.15, -0.1) is 0 Å². The Hall–Kier alpha value is -10.2. The van der Waals surface area contributed by atoms with Crippen molar-refractivity contribution in [1.29, 1.82) is 0 Å². The molecule has 0 unspecified atom stereocenters. The summed E-state index contributed by atoms with van der Waals surface area (Å²) in [6.45, 7) is 70.4. The van der Waals surface area contributed by atoms with Crippen molar-refractivity contribution in [3.05, 3.63) is 409 Å². The lowest BCUT2D eigenvalue weighted by atomic mass is 9.98. The molecule has 0 spiro atoms. The summed E-state index contributed by atoms with van der Waals surface area (Å²) in [5, 5.41) is 27.8. The number of benzene rings is 11. The van der Waals surface area contributed by atoms with E-state index in [0.29, 0.717) is 86.3 Å². The first kappa shape index (κ1) is 124. The maximum absolute atomic E-state index is 12.9. The van der Waals surface area contributed by atoms with E-state index in [9.17, 15) is 26.3 Å². The summed E-state index contributed by atoms with van der Waals surface area (Å²) in [4.78, 5) is 0. The van der Waals surface area contributed by atoms with Crippen LogP contribution in [-0.4, -0.2) is 25.6 Å². The van der Waals surface area contributed by atoms with E-state index in [0.717, 1.165) is 72.4 Å². The van der Waals surface area contributed by atoms with Gasteiger partial charge in [0.15, 0.2) is 0 Å². The predicted octanol–water partition coefficient (Wildman–Crippen LogP) is 40.6. The molecule has 11 aromatic carbocycles. The van der Waals surface area contributed by atoms with Crippen LogP contribution in [0.4, 0.5) is 26.3 Å². The van der Waals surface area contributed by atoms with Gasteiger partial charge in [0.25, 0.3) is 0 Å². The number of halogens is 10. The van der Waals surface area contributed by atoms with Gasteiger partial charge in [-0.2, -0.15) is 18.3 Å². The lowest BCUT2D eigenvalue weighted by Gasteiger charge is -2.13.